The minimum atomic E-state index is -0.326. The van der Waals surface area contributed by atoms with Crippen LogP contribution < -0.4 is 0 Å². The van der Waals surface area contributed by atoms with E-state index < -0.39 is 0 Å². The van der Waals surface area contributed by atoms with Gasteiger partial charge in [0.25, 0.3) is 0 Å². The highest BCUT2D eigenvalue weighted by molar-refractivity contribution is 9.09. The normalized spacial score (nSPS) is 12.7. The van der Waals surface area contributed by atoms with Crippen LogP contribution in [0.4, 0.5) is 4.39 Å². The Morgan fingerprint density at radius 1 is 1.33 bits per heavy atom. The molecule has 1 unspecified atom stereocenters. The zero-order valence-electron chi connectivity index (χ0n) is 8.19. The molecule has 0 spiro atoms. The second-order valence-electron chi connectivity index (χ2n) is 3.31. The lowest BCUT2D eigenvalue weighted by Gasteiger charge is -2.05. The van der Waals surface area contributed by atoms with Crippen LogP contribution in [0, 0.1) is 5.82 Å². The van der Waals surface area contributed by atoms with Crippen molar-refractivity contribution in [3.05, 3.63) is 48.0 Å². The second-order valence-corrected chi connectivity index (χ2v) is 4.68. The average molecular weight is 269 g/mol. The third-order valence-corrected chi connectivity index (χ3v) is 2.70. The van der Waals surface area contributed by atoms with Gasteiger partial charge in [0.1, 0.15) is 0 Å². The number of nitrogens with zero attached hydrogens (tertiary/aromatic N) is 2. The molecule has 0 bridgehead atoms. The molecule has 2 nitrogen and oxygen atoms in total. The molecule has 0 fully saturated rings. The third-order valence-electron chi connectivity index (χ3n) is 2.17. The summed E-state index contributed by atoms with van der Waals surface area (Å²) in [5.74, 6) is -0.326. The Bertz CT molecular complexity index is 448. The molecule has 1 atom stereocenters. The average Bonchev–Trinajstić information content (AvgIpc) is 2.65. The van der Waals surface area contributed by atoms with Gasteiger partial charge in [-0.05, 0) is 24.6 Å². The van der Waals surface area contributed by atoms with Crippen molar-refractivity contribution in [3.8, 4) is 5.69 Å². The van der Waals surface area contributed by atoms with E-state index in [4.69, 9.17) is 0 Å². The van der Waals surface area contributed by atoms with Crippen LogP contribution in [0.25, 0.3) is 5.69 Å². The summed E-state index contributed by atoms with van der Waals surface area (Å²) in [5, 5.41) is 3.89. The van der Waals surface area contributed by atoms with Gasteiger partial charge in [0, 0.05) is 4.83 Å². The SMILES string of the molecule is CC(Br)c1ccc(-n2cc(F)cn2)cc1. The summed E-state index contributed by atoms with van der Waals surface area (Å²) in [6.07, 6.45) is 2.55. The standard InChI is InChI=1S/C11H10BrFN2/c1-8(12)9-2-4-11(5-3-9)15-7-10(13)6-14-15/h2-8H,1H3. The van der Waals surface area contributed by atoms with E-state index in [0.717, 1.165) is 5.69 Å². The molecule has 0 aliphatic carbocycles. The van der Waals surface area contributed by atoms with Crippen molar-refractivity contribution in [2.75, 3.05) is 0 Å². The fourth-order valence-electron chi connectivity index (χ4n) is 1.33. The Hall–Kier alpha value is -1.16. The predicted octanol–water partition coefficient (Wildman–Crippen LogP) is 3.47. The van der Waals surface area contributed by atoms with Gasteiger partial charge in [-0.25, -0.2) is 9.07 Å². The Morgan fingerprint density at radius 2 is 2.00 bits per heavy atom. The van der Waals surface area contributed by atoms with E-state index >= 15 is 0 Å². The summed E-state index contributed by atoms with van der Waals surface area (Å²) in [7, 11) is 0. The Morgan fingerprint density at radius 3 is 2.47 bits per heavy atom. The van der Waals surface area contributed by atoms with Crippen LogP contribution in [0.2, 0.25) is 0 Å². The summed E-state index contributed by atoms with van der Waals surface area (Å²) in [6.45, 7) is 2.06. The van der Waals surface area contributed by atoms with E-state index in [1.807, 2.05) is 24.3 Å². The van der Waals surface area contributed by atoms with Crippen LogP contribution in [0.1, 0.15) is 17.3 Å². The lowest BCUT2D eigenvalue weighted by molar-refractivity contribution is 0.627. The van der Waals surface area contributed by atoms with E-state index in [0.29, 0.717) is 4.83 Å². The first-order valence-electron chi connectivity index (χ1n) is 4.61. The van der Waals surface area contributed by atoms with Crippen molar-refractivity contribution < 1.29 is 4.39 Å². The molecular weight excluding hydrogens is 259 g/mol. The molecule has 0 saturated carbocycles. The third kappa shape index (κ3) is 2.26. The number of halogens is 2. The molecule has 1 heterocycles. The quantitative estimate of drug-likeness (QED) is 0.763. The van der Waals surface area contributed by atoms with Crippen LogP contribution in [0.5, 0.6) is 0 Å². The van der Waals surface area contributed by atoms with Gasteiger partial charge in [-0.3, -0.25) is 0 Å². The van der Waals surface area contributed by atoms with Crippen molar-refractivity contribution >= 4 is 15.9 Å². The minimum Gasteiger partial charge on any atom is -0.238 e. The fraction of sp³-hybridized carbons (Fsp3) is 0.182. The topological polar surface area (TPSA) is 17.8 Å². The minimum absolute atomic E-state index is 0.320. The van der Waals surface area contributed by atoms with Crippen LogP contribution in [-0.4, -0.2) is 9.78 Å². The zero-order chi connectivity index (χ0) is 10.8. The number of hydrogen-bond donors (Lipinski definition) is 0. The molecule has 1 aromatic carbocycles. The molecule has 0 N–H and O–H groups in total. The van der Waals surface area contributed by atoms with Crippen molar-refractivity contribution in [1.82, 2.24) is 9.78 Å². The van der Waals surface area contributed by atoms with Crippen LogP contribution in [-0.2, 0) is 0 Å². The van der Waals surface area contributed by atoms with Gasteiger partial charge in [-0.15, -0.1) is 0 Å². The maximum Gasteiger partial charge on any atom is 0.161 e. The highest BCUT2D eigenvalue weighted by Crippen LogP contribution is 2.22. The van der Waals surface area contributed by atoms with E-state index in [9.17, 15) is 4.39 Å². The number of hydrogen-bond acceptors (Lipinski definition) is 1. The molecule has 0 aliphatic rings. The molecule has 78 valence electrons. The Labute approximate surface area is 95.9 Å². The monoisotopic (exact) mass is 268 g/mol. The van der Waals surface area contributed by atoms with Gasteiger partial charge in [-0.2, -0.15) is 5.10 Å². The Kier molecular flexibility index (Phi) is 2.86. The molecule has 15 heavy (non-hydrogen) atoms. The molecule has 2 aromatic rings. The van der Waals surface area contributed by atoms with E-state index in [1.54, 1.807) is 0 Å². The molecule has 4 heteroatoms. The largest absolute Gasteiger partial charge is 0.238 e. The lowest BCUT2D eigenvalue weighted by Crippen LogP contribution is -1.94. The number of benzene rings is 1. The van der Waals surface area contributed by atoms with Gasteiger partial charge in [-0.1, -0.05) is 28.1 Å². The van der Waals surface area contributed by atoms with Crippen molar-refractivity contribution in [2.45, 2.75) is 11.8 Å². The van der Waals surface area contributed by atoms with Crippen LogP contribution in [0.15, 0.2) is 36.7 Å². The summed E-state index contributed by atoms with van der Waals surface area (Å²) in [4.78, 5) is 0.320. The number of rotatable bonds is 2. The first-order chi connectivity index (χ1) is 7.16. The van der Waals surface area contributed by atoms with Crippen LogP contribution >= 0.6 is 15.9 Å². The maximum atomic E-state index is 12.7. The molecule has 0 saturated heterocycles. The summed E-state index contributed by atoms with van der Waals surface area (Å²) in [6, 6.07) is 7.82. The Balaban J connectivity index is 2.31. The predicted molar refractivity (Wildman–Crippen MR) is 60.9 cm³/mol. The fourth-order valence-corrected chi connectivity index (χ4v) is 1.64. The van der Waals surface area contributed by atoms with Gasteiger partial charge in [0.2, 0.25) is 0 Å². The van der Waals surface area contributed by atoms with E-state index in [1.165, 1.54) is 22.6 Å². The summed E-state index contributed by atoms with van der Waals surface area (Å²) < 4.78 is 14.2. The first kappa shape index (κ1) is 10.4. The molecule has 2 rings (SSSR count). The molecule has 0 radical (unpaired) electrons. The number of aromatic nitrogens is 2. The molecule has 0 amide bonds. The molecule has 1 aromatic heterocycles. The van der Waals surface area contributed by atoms with E-state index in [2.05, 4.69) is 28.0 Å². The highest BCUT2D eigenvalue weighted by atomic mass is 79.9. The van der Waals surface area contributed by atoms with E-state index in [-0.39, 0.29) is 5.82 Å². The van der Waals surface area contributed by atoms with Gasteiger partial charge < -0.3 is 0 Å². The van der Waals surface area contributed by atoms with Crippen molar-refractivity contribution in [1.29, 1.82) is 0 Å². The highest BCUT2D eigenvalue weighted by Gasteiger charge is 2.02. The lowest BCUT2D eigenvalue weighted by atomic mass is 10.1. The second kappa shape index (κ2) is 4.14. The number of alkyl halides is 1. The molecular formula is C11H10BrFN2. The van der Waals surface area contributed by atoms with Gasteiger partial charge in [0.15, 0.2) is 5.82 Å². The zero-order valence-corrected chi connectivity index (χ0v) is 9.78. The maximum absolute atomic E-state index is 12.7. The van der Waals surface area contributed by atoms with Crippen LogP contribution in [0.3, 0.4) is 0 Å². The van der Waals surface area contributed by atoms with Gasteiger partial charge in [0.05, 0.1) is 18.1 Å². The van der Waals surface area contributed by atoms with Crippen molar-refractivity contribution in [3.63, 3.8) is 0 Å². The molecule has 0 aliphatic heterocycles. The van der Waals surface area contributed by atoms with Crippen molar-refractivity contribution in [2.24, 2.45) is 0 Å². The summed E-state index contributed by atoms with van der Waals surface area (Å²) in [5.41, 5.74) is 2.04. The first-order valence-corrected chi connectivity index (χ1v) is 5.53. The smallest absolute Gasteiger partial charge is 0.161 e. The summed E-state index contributed by atoms with van der Waals surface area (Å²) >= 11 is 3.48. The van der Waals surface area contributed by atoms with Gasteiger partial charge >= 0.3 is 0 Å².